The summed E-state index contributed by atoms with van der Waals surface area (Å²) in [5.74, 6) is 1.75. The van der Waals surface area contributed by atoms with Gasteiger partial charge in [0.1, 0.15) is 0 Å². The molecule has 154 valence electrons. The number of anilines is 1. The summed E-state index contributed by atoms with van der Waals surface area (Å²) in [7, 11) is 0. The molecule has 9 heteroatoms. The zero-order valence-corrected chi connectivity index (χ0v) is 16.3. The van der Waals surface area contributed by atoms with Gasteiger partial charge in [0, 0.05) is 38.9 Å². The molecule has 0 spiro atoms. The summed E-state index contributed by atoms with van der Waals surface area (Å²) in [4.78, 5) is 36.6. The normalized spacial score (nSPS) is 20.1. The smallest absolute Gasteiger partial charge is 0.232 e. The Morgan fingerprint density at radius 1 is 1.07 bits per heavy atom. The van der Waals surface area contributed by atoms with Gasteiger partial charge in [0.05, 0.1) is 17.8 Å². The molecule has 5 rings (SSSR count). The third-order valence-electron chi connectivity index (χ3n) is 5.35. The van der Waals surface area contributed by atoms with E-state index in [1.165, 1.54) is 5.56 Å². The van der Waals surface area contributed by atoms with Crippen LogP contribution in [-0.4, -0.2) is 59.5 Å². The van der Waals surface area contributed by atoms with E-state index >= 15 is 0 Å². The largest absolute Gasteiger partial charge is 0.454 e. The highest BCUT2D eigenvalue weighted by Crippen LogP contribution is 2.32. The van der Waals surface area contributed by atoms with Crippen LogP contribution < -0.4 is 19.7 Å². The number of nitrogens with one attached hydrogen (secondary N) is 1. The molecule has 2 fully saturated rings. The van der Waals surface area contributed by atoms with Crippen molar-refractivity contribution in [2.75, 3.05) is 37.9 Å². The quantitative estimate of drug-likeness (QED) is 0.591. The number of aromatic nitrogens is 2. The monoisotopic (exact) mass is 407 g/mol. The Labute approximate surface area is 173 Å². The van der Waals surface area contributed by atoms with Gasteiger partial charge in [-0.25, -0.2) is 9.97 Å². The lowest BCUT2D eigenvalue weighted by Crippen LogP contribution is -2.46. The number of amides is 1. The lowest BCUT2D eigenvalue weighted by molar-refractivity contribution is -0.121. The van der Waals surface area contributed by atoms with Crippen LogP contribution in [-0.2, 0) is 16.1 Å². The van der Waals surface area contributed by atoms with Gasteiger partial charge in [-0.2, -0.15) is 0 Å². The number of hydrogen-bond donors (Lipinski definition) is 1. The van der Waals surface area contributed by atoms with E-state index in [1.807, 2.05) is 12.1 Å². The molecule has 0 saturated carbocycles. The van der Waals surface area contributed by atoms with E-state index in [0.29, 0.717) is 11.6 Å². The molecule has 1 aromatic carbocycles. The molecule has 3 aliphatic heterocycles. The third-order valence-corrected chi connectivity index (χ3v) is 5.35. The number of fused-ring (bicyclic) bond motifs is 1. The number of Topliss-reactive ketones (excluding diaryl/α,β-unsaturated/α-hetero) is 1. The second kappa shape index (κ2) is 7.75. The van der Waals surface area contributed by atoms with Gasteiger partial charge in [-0.15, -0.1) is 0 Å². The number of ether oxygens (including phenoxy) is 2. The minimum absolute atomic E-state index is 0.102. The summed E-state index contributed by atoms with van der Waals surface area (Å²) in [6.07, 6.45) is 3.18. The number of piperazine rings is 1. The van der Waals surface area contributed by atoms with Crippen LogP contribution in [0.5, 0.6) is 11.5 Å². The number of carbonyl (C=O) groups excluding carboxylic acids is 2. The molecule has 0 unspecified atom stereocenters. The predicted molar refractivity (Wildman–Crippen MR) is 108 cm³/mol. The highest BCUT2D eigenvalue weighted by Gasteiger charge is 2.24. The van der Waals surface area contributed by atoms with Crippen LogP contribution in [0, 0.1) is 0 Å². The molecule has 1 N–H and O–H groups in total. The van der Waals surface area contributed by atoms with Crippen LogP contribution in [0.2, 0.25) is 0 Å². The van der Waals surface area contributed by atoms with Crippen molar-refractivity contribution in [3.05, 3.63) is 47.4 Å². The van der Waals surface area contributed by atoms with Crippen LogP contribution in [0.4, 0.5) is 5.95 Å². The Bertz CT molecular complexity index is 1030. The van der Waals surface area contributed by atoms with Crippen molar-refractivity contribution in [2.45, 2.75) is 13.0 Å². The summed E-state index contributed by atoms with van der Waals surface area (Å²) in [6, 6.07) is 7.80. The maximum atomic E-state index is 11.8. The van der Waals surface area contributed by atoms with Crippen molar-refractivity contribution in [1.82, 2.24) is 20.2 Å². The lowest BCUT2D eigenvalue weighted by atomic mass is 10.1. The summed E-state index contributed by atoms with van der Waals surface area (Å²) < 4.78 is 10.8. The molecule has 1 aromatic heterocycles. The molecule has 2 saturated heterocycles. The van der Waals surface area contributed by atoms with Crippen molar-refractivity contribution in [3.63, 3.8) is 0 Å². The van der Waals surface area contributed by atoms with Gasteiger partial charge in [0.2, 0.25) is 18.6 Å². The summed E-state index contributed by atoms with van der Waals surface area (Å²) in [5, 5.41) is 2.57. The number of carbonyl (C=O) groups is 2. The highest BCUT2D eigenvalue weighted by atomic mass is 16.7. The summed E-state index contributed by atoms with van der Waals surface area (Å²) in [6.45, 7) is 4.52. The first-order valence-corrected chi connectivity index (χ1v) is 9.88. The van der Waals surface area contributed by atoms with Crippen molar-refractivity contribution in [3.8, 4) is 11.5 Å². The van der Waals surface area contributed by atoms with E-state index in [1.54, 1.807) is 18.3 Å². The fraction of sp³-hybridized carbons (Fsp3) is 0.333. The molecule has 2 aromatic rings. The second-order valence-corrected chi connectivity index (χ2v) is 7.44. The van der Waals surface area contributed by atoms with Crippen LogP contribution in [0.1, 0.15) is 17.7 Å². The van der Waals surface area contributed by atoms with Crippen molar-refractivity contribution in [1.29, 1.82) is 0 Å². The number of hydrogen-bond acceptors (Lipinski definition) is 8. The number of rotatable bonds is 4. The maximum Gasteiger partial charge on any atom is 0.232 e. The van der Waals surface area contributed by atoms with Crippen LogP contribution >= 0.6 is 0 Å². The fourth-order valence-electron chi connectivity index (χ4n) is 3.77. The molecular weight excluding hydrogens is 386 g/mol. The Morgan fingerprint density at radius 2 is 1.90 bits per heavy atom. The Hall–Kier alpha value is -3.46. The maximum absolute atomic E-state index is 11.8. The number of nitrogens with zero attached hydrogens (tertiary/aromatic N) is 4. The van der Waals surface area contributed by atoms with E-state index in [4.69, 9.17) is 9.47 Å². The highest BCUT2D eigenvalue weighted by molar-refractivity contribution is 6.16. The Balaban J connectivity index is 1.21. The van der Waals surface area contributed by atoms with Gasteiger partial charge in [-0.1, -0.05) is 6.07 Å². The number of ketones is 1. The molecule has 0 atom stereocenters. The third kappa shape index (κ3) is 3.84. The van der Waals surface area contributed by atoms with Crippen molar-refractivity contribution >= 4 is 23.7 Å². The van der Waals surface area contributed by atoms with Gasteiger partial charge in [-0.05, 0) is 29.8 Å². The average molecular weight is 407 g/mol. The standard InChI is InChI=1S/C21H21N5O4/c27-17-11-20(28)24-16(17)10-15-3-4-22-21(23-15)26-7-5-25(6-8-26)12-14-1-2-18-19(9-14)30-13-29-18/h1-4,9-10H,5-8,11-13H2,(H,24,28)/b16-10-. The van der Waals surface area contributed by atoms with Crippen LogP contribution in [0.25, 0.3) is 6.08 Å². The first kappa shape index (κ1) is 18.6. The molecule has 3 aliphatic rings. The van der Waals surface area contributed by atoms with Gasteiger partial charge < -0.3 is 19.7 Å². The van der Waals surface area contributed by atoms with Crippen molar-refractivity contribution < 1.29 is 19.1 Å². The second-order valence-electron chi connectivity index (χ2n) is 7.44. The first-order chi connectivity index (χ1) is 14.6. The molecule has 0 bridgehead atoms. The molecule has 9 nitrogen and oxygen atoms in total. The average Bonchev–Trinajstić information content (AvgIpc) is 3.34. The molecule has 0 radical (unpaired) electrons. The van der Waals surface area contributed by atoms with E-state index in [9.17, 15) is 9.59 Å². The van der Waals surface area contributed by atoms with Gasteiger partial charge in [0.25, 0.3) is 0 Å². The molecule has 4 heterocycles. The van der Waals surface area contributed by atoms with E-state index in [2.05, 4.69) is 31.2 Å². The van der Waals surface area contributed by atoms with E-state index < -0.39 is 0 Å². The zero-order chi connectivity index (χ0) is 20.5. The Morgan fingerprint density at radius 3 is 2.70 bits per heavy atom. The topological polar surface area (TPSA) is 96.9 Å². The first-order valence-electron chi connectivity index (χ1n) is 9.88. The minimum atomic E-state index is -0.279. The van der Waals surface area contributed by atoms with Gasteiger partial charge >= 0.3 is 0 Å². The van der Waals surface area contributed by atoms with E-state index in [0.717, 1.165) is 44.2 Å². The van der Waals surface area contributed by atoms with Gasteiger partial charge in [-0.3, -0.25) is 14.5 Å². The summed E-state index contributed by atoms with van der Waals surface area (Å²) >= 11 is 0. The molecule has 1 amide bonds. The molecule has 30 heavy (non-hydrogen) atoms. The number of allylic oxidation sites excluding steroid dienone is 1. The fourth-order valence-corrected chi connectivity index (χ4v) is 3.77. The SMILES string of the molecule is O=C1CC(=O)/C(=C/c2ccnc(N3CCN(Cc4ccc5c(c4)OCO5)CC3)n2)N1. The predicted octanol–water partition coefficient (Wildman–Crippen LogP) is 0.957. The lowest BCUT2D eigenvalue weighted by Gasteiger charge is -2.34. The number of benzene rings is 1. The van der Waals surface area contributed by atoms with Crippen LogP contribution in [0.15, 0.2) is 36.2 Å². The zero-order valence-electron chi connectivity index (χ0n) is 16.3. The molecular formula is C21H21N5O4. The van der Waals surface area contributed by atoms with Crippen molar-refractivity contribution in [2.24, 2.45) is 0 Å². The van der Waals surface area contributed by atoms with Gasteiger partial charge in [0.15, 0.2) is 17.3 Å². The van der Waals surface area contributed by atoms with Crippen LogP contribution in [0.3, 0.4) is 0 Å². The molecule has 0 aliphatic carbocycles. The summed E-state index contributed by atoms with van der Waals surface area (Å²) in [5.41, 5.74) is 2.09. The minimum Gasteiger partial charge on any atom is -0.454 e. The van der Waals surface area contributed by atoms with E-state index in [-0.39, 0.29) is 30.6 Å². The Kier molecular flexibility index (Phi) is 4.80.